The molecule has 0 fully saturated rings. The molecule has 1 unspecified atom stereocenters. The minimum atomic E-state index is -0.634. The smallest absolute Gasteiger partial charge is 0.244 e. The fourth-order valence-corrected chi connectivity index (χ4v) is 1.73. The van der Waals surface area contributed by atoms with Crippen LogP contribution in [0, 0.1) is 26.2 Å². The molecular weight excluding hydrogens is 212 g/mol. The van der Waals surface area contributed by atoms with Crippen LogP contribution in [0.5, 0.6) is 0 Å². The van der Waals surface area contributed by atoms with Crippen LogP contribution in [0.2, 0.25) is 0 Å². The average molecular weight is 230 g/mol. The highest BCUT2D eigenvalue weighted by molar-refractivity contribution is 5.96. The van der Waals surface area contributed by atoms with Crippen molar-refractivity contribution >= 4 is 11.6 Å². The van der Waals surface area contributed by atoms with Crippen molar-refractivity contribution in [3.05, 3.63) is 29.3 Å². The maximum Gasteiger partial charge on any atom is 0.244 e. The lowest BCUT2D eigenvalue weighted by atomic mass is 10.1. The summed E-state index contributed by atoms with van der Waals surface area (Å²) in [5, 5.41) is 0. The lowest BCUT2D eigenvalue weighted by molar-refractivity contribution is -0.119. The number of hydrogen-bond donors (Lipinski definition) is 1. The predicted molar refractivity (Wildman–Crippen MR) is 70.8 cm³/mol. The molecule has 17 heavy (non-hydrogen) atoms. The summed E-state index contributed by atoms with van der Waals surface area (Å²) in [5.74, 6) is 2.25. The normalized spacial score (nSPS) is 11.7. The Hall–Kier alpha value is -1.79. The molecule has 1 rings (SSSR count). The molecule has 0 aliphatic rings. The molecule has 0 saturated carbocycles. The van der Waals surface area contributed by atoms with Gasteiger partial charge in [-0.1, -0.05) is 6.07 Å². The van der Waals surface area contributed by atoms with E-state index >= 15 is 0 Å². The summed E-state index contributed by atoms with van der Waals surface area (Å²) in [6.45, 7) is 3.99. The standard InChI is InChI=1S/C14H18N2O/c1-5-6-13(15)14(17)16(4)12-8-10(2)7-11(3)9-12/h1,7-9,13H,6,15H2,2-4H3. The van der Waals surface area contributed by atoms with E-state index in [9.17, 15) is 4.79 Å². The third kappa shape index (κ3) is 3.33. The highest BCUT2D eigenvalue weighted by Crippen LogP contribution is 2.18. The first-order valence-electron chi connectivity index (χ1n) is 5.50. The van der Waals surface area contributed by atoms with Gasteiger partial charge in [0.1, 0.15) is 0 Å². The number of hydrogen-bond acceptors (Lipinski definition) is 2. The summed E-state index contributed by atoms with van der Waals surface area (Å²) in [6.07, 6.45) is 5.41. The lowest BCUT2D eigenvalue weighted by Gasteiger charge is -2.21. The fraction of sp³-hybridized carbons (Fsp3) is 0.357. The third-order valence-electron chi connectivity index (χ3n) is 2.58. The number of carbonyl (C=O) groups excluding carboxylic acids is 1. The monoisotopic (exact) mass is 230 g/mol. The van der Waals surface area contributed by atoms with Crippen LogP contribution in [-0.2, 0) is 4.79 Å². The zero-order valence-electron chi connectivity index (χ0n) is 10.5. The van der Waals surface area contributed by atoms with Crippen LogP contribution in [0.15, 0.2) is 18.2 Å². The number of likely N-dealkylation sites (N-methyl/N-ethyl adjacent to an activating group) is 1. The van der Waals surface area contributed by atoms with Gasteiger partial charge in [-0.3, -0.25) is 4.79 Å². The molecule has 0 bridgehead atoms. The Morgan fingerprint density at radius 2 is 1.94 bits per heavy atom. The van der Waals surface area contributed by atoms with Crippen LogP contribution in [0.3, 0.4) is 0 Å². The largest absolute Gasteiger partial charge is 0.319 e. The Labute approximate surface area is 103 Å². The summed E-state index contributed by atoms with van der Waals surface area (Å²) in [5.41, 5.74) is 8.79. The minimum Gasteiger partial charge on any atom is -0.319 e. The second-order valence-corrected chi connectivity index (χ2v) is 4.26. The number of rotatable bonds is 3. The minimum absolute atomic E-state index is 0.159. The van der Waals surface area contributed by atoms with Crippen LogP contribution in [0.1, 0.15) is 17.5 Å². The first-order valence-corrected chi connectivity index (χ1v) is 5.50. The van der Waals surface area contributed by atoms with Crippen molar-refractivity contribution in [1.82, 2.24) is 0 Å². The highest BCUT2D eigenvalue weighted by Gasteiger charge is 2.18. The fourth-order valence-electron chi connectivity index (χ4n) is 1.73. The van der Waals surface area contributed by atoms with Gasteiger partial charge < -0.3 is 10.6 Å². The van der Waals surface area contributed by atoms with Crippen molar-refractivity contribution in [1.29, 1.82) is 0 Å². The molecule has 0 spiro atoms. The summed E-state index contributed by atoms with van der Waals surface area (Å²) in [7, 11) is 1.72. The van der Waals surface area contributed by atoms with Crippen molar-refractivity contribution in [3.63, 3.8) is 0 Å². The van der Waals surface area contributed by atoms with E-state index in [2.05, 4.69) is 12.0 Å². The topological polar surface area (TPSA) is 46.3 Å². The van der Waals surface area contributed by atoms with Gasteiger partial charge in [0, 0.05) is 19.2 Å². The SMILES string of the molecule is C#CCC(N)C(=O)N(C)c1cc(C)cc(C)c1. The molecule has 3 heteroatoms. The molecule has 2 N–H and O–H groups in total. The Bertz CT molecular complexity index is 440. The van der Waals surface area contributed by atoms with E-state index in [0.717, 1.165) is 16.8 Å². The van der Waals surface area contributed by atoms with Gasteiger partial charge in [-0.15, -0.1) is 12.3 Å². The van der Waals surface area contributed by atoms with E-state index in [1.807, 2.05) is 26.0 Å². The zero-order chi connectivity index (χ0) is 13.0. The Morgan fingerprint density at radius 3 is 2.41 bits per heavy atom. The van der Waals surface area contributed by atoms with Gasteiger partial charge >= 0.3 is 0 Å². The van der Waals surface area contributed by atoms with Crippen molar-refractivity contribution in [2.24, 2.45) is 5.73 Å². The molecule has 0 aliphatic carbocycles. The molecule has 3 nitrogen and oxygen atoms in total. The quantitative estimate of drug-likeness (QED) is 0.802. The summed E-state index contributed by atoms with van der Waals surface area (Å²) in [4.78, 5) is 13.5. The summed E-state index contributed by atoms with van der Waals surface area (Å²) in [6, 6.07) is 5.33. The molecule has 0 radical (unpaired) electrons. The van der Waals surface area contributed by atoms with Gasteiger partial charge in [0.15, 0.2) is 0 Å². The van der Waals surface area contributed by atoms with Crippen LogP contribution in [0.4, 0.5) is 5.69 Å². The summed E-state index contributed by atoms with van der Waals surface area (Å²) < 4.78 is 0. The number of benzene rings is 1. The van der Waals surface area contributed by atoms with Gasteiger partial charge in [0.05, 0.1) is 6.04 Å². The molecule has 1 amide bonds. The van der Waals surface area contributed by atoms with E-state index in [1.165, 1.54) is 0 Å². The number of amides is 1. The molecule has 90 valence electrons. The van der Waals surface area contributed by atoms with Crippen LogP contribution in [0.25, 0.3) is 0 Å². The highest BCUT2D eigenvalue weighted by atomic mass is 16.2. The third-order valence-corrected chi connectivity index (χ3v) is 2.58. The van der Waals surface area contributed by atoms with E-state index in [4.69, 9.17) is 12.2 Å². The maximum absolute atomic E-state index is 12.0. The van der Waals surface area contributed by atoms with E-state index in [-0.39, 0.29) is 12.3 Å². The second-order valence-electron chi connectivity index (χ2n) is 4.26. The molecule has 1 aromatic carbocycles. The van der Waals surface area contributed by atoms with Crippen LogP contribution >= 0.6 is 0 Å². The van der Waals surface area contributed by atoms with Crippen molar-refractivity contribution in [3.8, 4) is 12.3 Å². The number of nitrogens with two attached hydrogens (primary N) is 1. The molecule has 0 aromatic heterocycles. The Kier molecular flexibility index (Phi) is 4.30. The number of nitrogens with zero attached hydrogens (tertiary/aromatic N) is 1. The zero-order valence-corrected chi connectivity index (χ0v) is 10.5. The second kappa shape index (κ2) is 5.51. The average Bonchev–Trinajstić information content (AvgIpc) is 2.26. The maximum atomic E-state index is 12.0. The molecule has 0 aliphatic heterocycles. The Morgan fingerprint density at radius 1 is 1.41 bits per heavy atom. The molecule has 1 aromatic rings. The lowest BCUT2D eigenvalue weighted by Crippen LogP contribution is -2.41. The van der Waals surface area contributed by atoms with Crippen LogP contribution < -0.4 is 10.6 Å². The van der Waals surface area contributed by atoms with E-state index < -0.39 is 6.04 Å². The summed E-state index contributed by atoms with van der Waals surface area (Å²) >= 11 is 0. The predicted octanol–water partition coefficient (Wildman–Crippen LogP) is 1.62. The van der Waals surface area contributed by atoms with Gasteiger partial charge in [-0.05, 0) is 37.1 Å². The van der Waals surface area contributed by atoms with Gasteiger partial charge in [-0.25, -0.2) is 0 Å². The Balaban J connectivity index is 2.92. The molecule has 1 atom stereocenters. The van der Waals surface area contributed by atoms with Crippen molar-refractivity contribution < 1.29 is 4.79 Å². The van der Waals surface area contributed by atoms with Gasteiger partial charge in [-0.2, -0.15) is 0 Å². The van der Waals surface area contributed by atoms with E-state index in [1.54, 1.807) is 11.9 Å². The molecule has 0 saturated heterocycles. The van der Waals surface area contributed by atoms with Crippen molar-refractivity contribution in [2.75, 3.05) is 11.9 Å². The van der Waals surface area contributed by atoms with Crippen LogP contribution in [-0.4, -0.2) is 19.0 Å². The molecular formula is C14H18N2O. The number of carbonyl (C=O) groups is 1. The first kappa shape index (κ1) is 13.3. The number of aryl methyl sites for hydroxylation is 2. The molecule has 0 heterocycles. The van der Waals surface area contributed by atoms with Gasteiger partial charge in [0.25, 0.3) is 0 Å². The number of terminal acetylenes is 1. The van der Waals surface area contributed by atoms with Gasteiger partial charge in [0.2, 0.25) is 5.91 Å². The van der Waals surface area contributed by atoms with E-state index in [0.29, 0.717) is 0 Å². The van der Waals surface area contributed by atoms with Crippen molar-refractivity contribution in [2.45, 2.75) is 26.3 Å². The first-order chi connectivity index (χ1) is 7.95. The number of anilines is 1.